The van der Waals surface area contributed by atoms with Crippen LogP contribution in [0.25, 0.3) is 0 Å². The van der Waals surface area contributed by atoms with Crippen molar-refractivity contribution in [3.05, 3.63) is 53.6 Å². The van der Waals surface area contributed by atoms with E-state index in [0.29, 0.717) is 18.8 Å². The molecule has 0 aromatic heterocycles. The van der Waals surface area contributed by atoms with Crippen LogP contribution in [0, 0.1) is 0 Å². The Morgan fingerprint density at radius 1 is 1.13 bits per heavy atom. The molecule has 31 heavy (non-hydrogen) atoms. The van der Waals surface area contributed by atoms with Crippen molar-refractivity contribution in [3.8, 4) is 11.5 Å². The molecule has 2 N–H and O–H groups in total. The van der Waals surface area contributed by atoms with E-state index in [-0.39, 0.29) is 24.1 Å². The lowest BCUT2D eigenvalue weighted by Gasteiger charge is -2.25. The highest BCUT2D eigenvalue weighted by Gasteiger charge is 2.32. The van der Waals surface area contributed by atoms with Crippen LogP contribution in [0.4, 0.5) is 10.5 Å². The Labute approximate surface area is 182 Å². The molecule has 7 heteroatoms. The maximum atomic E-state index is 12.6. The quantitative estimate of drug-likeness (QED) is 0.698. The number of hydrogen-bond donors (Lipinski definition) is 2. The summed E-state index contributed by atoms with van der Waals surface area (Å²) in [6.07, 6.45) is 4.75. The van der Waals surface area contributed by atoms with Crippen molar-refractivity contribution in [1.29, 1.82) is 0 Å². The fourth-order valence-electron chi connectivity index (χ4n) is 4.29. The first-order valence-electron chi connectivity index (χ1n) is 10.8. The number of hydrogen-bond acceptors (Lipinski definition) is 4. The Morgan fingerprint density at radius 2 is 1.87 bits per heavy atom. The van der Waals surface area contributed by atoms with Gasteiger partial charge in [0.25, 0.3) is 0 Å². The first kappa shape index (κ1) is 21.0. The van der Waals surface area contributed by atoms with Crippen molar-refractivity contribution >= 4 is 17.6 Å². The zero-order valence-electron chi connectivity index (χ0n) is 18.0. The number of urea groups is 1. The van der Waals surface area contributed by atoms with Crippen molar-refractivity contribution in [1.82, 2.24) is 10.2 Å². The van der Waals surface area contributed by atoms with Crippen LogP contribution in [-0.4, -0.2) is 36.6 Å². The van der Waals surface area contributed by atoms with Gasteiger partial charge in [-0.25, -0.2) is 4.79 Å². The summed E-state index contributed by atoms with van der Waals surface area (Å²) in [6, 6.07) is 13.3. The van der Waals surface area contributed by atoms with Crippen LogP contribution in [0.5, 0.6) is 11.5 Å². The van der Waals surface area contributed by atoms with Crippen LogP contribution in [0.3, 0.4) is 0 Å². The SMILES string of the molecule is COc1ccc([C@@H]2CNC(=O)N2Cc2ccc(NC(C)=O)cc2)cc1OC1CCCC1. The van der Waals surface area contributed by atoms with E-state index in [4.69, 9.17) is 9.47 Å². The van der Waals surface area contributed by atoms with Gasteiger partial charge in [0.2, 0.25) is 5.91 Å². The number of methoxy groups -OCH3 is 1. The molecule has 0 radical (unpaired) electrons. The van der Waals surface area contributed by atoms with E-state index in [9.17, 15) is 9.59 Å². The minimum Gasteiger partial charge on any atom is -0.493 e. The van der Waals surface area contributed by atoms with Crippen LogP contribution < -0.4 is 20.1 Å². The molecule has 2 aromatic rings. The van der Waals surface area contributed by atoms with Crippen molar-refractivity contribution in [2.75, 3.05) is 19.0 Å². The first-order valence-corrected chi connectivity index (χ1v) is 10.8. The molecule has 0 spiro atoms. The number of rotatable bonds is 7. The van der Waals surface area contributed by atoms with Crippen LogP contribution in [0.15, 0.2) is 42.5 Å². The van der Waals surface area contributed by atoms with Crippen molar-refractivity contribution in [2.45, 2.75) is 51.3 Å². The summed E-state index contributed by atoms with van der Waals surface area (Å²) in [5.41, 5.74) is 2.75. The number of ether oxygens (including phenoxy) is 2. The summed E-state index contributed by atoms with van der Waals surface area (Å²) < 4.78 is 11.7. The molecule has 7 nitrogen and oxygen atoms in total. The van der Waals surface area contributed by atoms with E-state index < -0.39 is 0 Å². The normalized spacial score (nSPS) is 18.7. The Kier molecular flexibility index (Phi) is 6.30. The lowest BCUT2D eigenvalue weighted by Crippen LogP contribution is -2.29. The number of amides is 3. The lowest BCUT2D eigenvalue weighted by atomic mass is 10.0. The average Bonchev–Trinajstić information content (AvgIpc) is 3.39. The predicted octanol–water partition coefficient (Wildman–Crippen LogP) is 4.24. The molecule has 2 aromatic carbocycles. The van der Waals surface area contributed by atoms with Gasteiger partial charge in [0.05, 0.1) is 19.3 Å². The van der Waals surface area contributed by atoms with Gasteiger partial charge in [0, 0.05) is 25.7 Å². The number of carbonyl (C=O) groups is 2. The van der Waals surface area contributed by atoms with E-state index in [0.717, 1.165) is 35.4 Å². The van der Waals surface area contributed by atoms with Gasteiger partial charge in [-0.1, -0.05) is 18.2 Å². The predicted molar refractivity (Wildman–Crippen MR) is 118 cm³/mol. The van der Waals surface area contributed by atoms with Crippen LogP contribution in [0.1, 0.15) is 49.8 Å². The largest absolute Gasteiger partial charge is 0.493 e. The third-order valence-electron chi connectivity index (χ3n) is 5.88. The molecular weight excluding hydrogens is 394 g/mol. The summed E-state index contributed by atoms with van der Waals surface area (Å²) in [7, 11) is 1.65. The van der Waals surface area contributed by atoms with E-state index in [2.05, 4.69) is 10.6 Å². The van der Waals surface area contributed by atoms with Gasteiger partial charge in [0.15, 0.2) is 11.5 Å². The average molecular weight is 424 g/mol. The second-order valence-electron chi connectivity index (χ2n) is 8.14. The fourth-order valence-corrected chi connectivity index (χ4v) is 4.29. The molecule has 4 rings (SSSR count). The van der Waals surface area contributed by atoms with Crippen LogP contribution in [-0.2, 0) is 11.3 Å². The molecule has 2 aliphatic rings. The van der Waals surface area contributed by atoms with Crippen molar-refractivity contribution < 1.29 is 19.1 Å². The molecule has 2 fully saturated rings. The maximum absolute atomic E-state index is 12.6. The van der Waals surface area contributed by atoms with Crippen molar-refractivity contribution in [3.63, 3.8) is 0 Å². The second-order valence-corrected chi connectivity index (χ2v) is 8.14. The zero-order valence-corrected chi connectivity index (χ0v) is 18.0. The van der Waals surface area contributed by atoms with E-state index >= 15 is 0 Å². The Morgan fingerprint density at radius 3 is 2.55 bits per heavy atom. The minimum absolute atomic E-state index is 0.0926. The summed E-state index contributed by atoms with van der Waals surface area (Å²) in [5, 5.41) is 5.71. The molecule has 0 bridgehead atoms. The highest BCUT2D eigenvalue weighted by Crippen LogP contribution is 2.36. The first-order chi connectivity index (χ1) is 15.0. The molecule has 3 amide bonds. The number of anilines is 1. The highest BCUT2D eigenvalue weighted by molar-refractivity contribution is 5.88. The molecule has 1 saturated carbocycles. The molecule has 0 unspecified atom stereocenters. The number of carbonyl (C=O) groups excluding carboxylic acids is 2. The summed E-state index contributed by atoms with van der Waals surface area (Å²) in [4.78, 5) is 25.6. The third-order valence-corrected chi connectivity index (χ3v) is 5.88. The van der Waals surface area contributed by atoms with Gasteiger partial charge >= 0.3 is 6.03 Å². The maximum Gasteiger partial charge on any atom is 0.318 e. The third kappa shape index (κ3) is 4.93. The lowest BCUT2D eigenvalue weighted by molar-refractivity contribution is -0.114. The Hall–Kier alpha value is -3.22. The molecule has 1 atom stereocenters. The molecular formula is C24H29N3O4. The second kappa shape index (κ2) is 9.29. The van der Waals surface area contributed by atoms with Gasteiger partial charge in [-0.15, -0.1) is 0 Å². The van der Waals surface area contributed by atoms with Gasteiger partial charge < -0.3 is 25.0 Å². The smallest absolute Gasteiger partial charge is 0.318 e. The number of benzene rings is 2. The fraction of sp³-hybridized carbons (Fsp3) is 0.417. The van der Waals surface area contributed by atoms with Gasteiger partial charge in [-0.2, -0.15) is 0 Å². The summed E-state index contributed by atoms with van der Waals surface area (Å²) in [6.45, 7) is 2.49. The molecule has 164 valence electrons. The van der Waals surface area contributed by atoms with Gasteiger partial charge in [0.1, 0.15) is 0 Å². The van der Waals surface area contributed by atoms with E-state index in [1.165, 1.54) is 19.8 Å². The Balaban J connectivity index is 1.52. The number of nitrogens with zero attached hydrogens (tertiary/aromatic N) is 1. The summed E-state index contributed by atoms with van der Waals surface area (Å²) in [5.74, 6) is 1.35. The van der Waals surface area contributed by atoms with E-state index in [1.54, 1.807) is 7.11 Å². The van der Waals surface area contributed by atoms with Crippen LogP contribution in [0.2, 0.25) is 0 Å². The van der Waals surface area contributed by atoms with Gasteiger partial charge in [-0.05, 0) is 61.1 Å². The number of nitrogens with one attached hydrogen (secondary N) is 2. The minimum atomic E-state index is -0.109. The molecule has 1 aliphatic carbocycles. The summed E-state index contributed by atoms with van der Waals surface area (Å²) >= 11 is 0. The monoisotopic (exact) mass is 423 g/mol. The van der Waals surface area contributed by atoms with E-state index in [1.807, 2.05) is 47.4 Å². The van der Waals surface area contributed by atoms with Crippen LogP contribution >= 0.6 is 0 Å². The Bertz CT molecular complexity index is 938. The van der Waals surface area contributed by atoms with Crippen molar-refractivity contribution in [2.24, 2.45) is 0 Å². The highest BCUT2D eigenvalue weighted by atomic mass is 16.5. The molecule has 1 heterocycles. The topological polar surface area (TPSA) is 79.9 Å². The molecule has 1 aliphatic heterocycles. The molecule has 1 saturated heterocycles. The van der Waals surface area contributed by atoms with Gasteiger partial charge in [-0.3, -0.25) is 4.79 Å². The zero-order chi connectivity index (χ0) is 21.8. The standard InChI is InChI=1S/C24H29N3O4/c1-16(28)26-19-10-7-17(8-11-19)15-27-21(14-25-24(27)29)18-9-12-22(30-2)23(13-18)31-20-5-3-4-6-20/h7-13,20-21H,3-6,14-15H2,1-2H3,(H,25,29)(H,26,28)/t21-/m0/s1.